The van der Waals surface area contributed by atoms with E-state index in [2.05, 4.69) is 5.43 Å². The molecule has 0 aliphatic rings. The van der Waals surface area contributed by atoms with Gasteiger partial charge in [-0.3, -0.25) is 10.2 Å². The summed E-state index contributed by atoms with van der Waals surface area (Å²) in [5.41, 5.74) is 7.15. The number of anilines is 1. The Kier molecular flexibility index (Phi) is 6.73. The fraction of sp³-hybridized carbons (Fsp3) is 0.0714. The minimum Gasteiger partial charge on any atom is -0.508 e. The molecular weight excluding hydrogens is 396 g/mol. The SMILES string of the molecule is O=C(c1ccc(O)cc1)C(/C(Cc1ccccc1)=N\Nc1ccccc1)c1ccccc1. The van der Waals surface area contributed by atoms with E-state index >= 15 is 0 Å². The number of phenols is 1. The maximum atomic E-state index is 13.7. The van der Waals surface area contributed by atoms with Gasteiger partial charge in [-0.15, -0.1) is 0 Å². The second kappa shape index (κ2) is 10.2. The quantitative estimate of drug-likeness (QED) is 0.207. The van der Waals surface area contributed by atoms with Gasteiger partial charge in [0.1, 0.15) is 5.75 Å². The molecule has 4 heteroatoms. The highest BCUT2D eigenvalue weighted by molar-refractivity contribution is 6.17. The van der Waals surface area contributed by atoms with Crippen LogP contribution in [0.3, 0.4) is 0 Å². The van der Waals surface area contributed by atoms with Crippen LogP contribution in [0.25, 0.3) is 0 Å². The number of carbonyl (C=O) groups excluding carboxylic acids is 1. The lowest BCUT2D eigenvalue weighted by atomic mass is 9.84. The first-order chi connectivity index (χ1) is 15.7. The Balaban J connectivity index is 1.77. The third-order valence-electron chi connectivity index (χ3n) is 5.21. The molecule has 0 spiro atoms. The summed E-state index contributed by atoms with van der Waals surface area (Å²) >= 11 is 0. The fourth-order valence-electron chi connectivity index (χ4n) is 3.59. The standard InChI is InChI=1S/C28H24N2O2/c31-25-18-16-23(17-19-25)28(32)27(22-12-6-2-7-13-22)26(20-21-10-4-1-5-11-21)30-29-24-14-8-3-9-15-24/h1-19,27,29,31H,20H2/b30-26-. The number of hydrazone groups is 1. The molecule has 0 aromatic heterocycles. The molecule has 1 atom stereocenters. The Morgan fingerprint density at radius 3 is 1.94 bits per heavy atom. The number of Topliss-reactive ketones (excluding diaryl/α,β-unsaturated/α-hetero) is 1. The number of benzene rings is 4. The van der Waals surface area contributed by atoms with Gasteiger partial charge in [-0.25, -0.2) is 0 Å². The molecule has 4 nitrogen and oxygen atoms in total. The van der Waals surface area contributed by atoms with Crippen molar-refractivity contribution in [3.63, 3.8) is 0 Å². The van der Waals surface area contributed by atoms with Crippen LogP contribution in [0.15, 0.2) is 120 Å². The van der Waals surface area contributed by atoms with Gasteiger partial charge in [0.15, 0.2) is 5.78 Å². The zero-order chi connectivity index (χ0) is 22.2. The van der Waals surface area contributed by atoms with Gasteiger partial charge >= 0.3 is 0 Å². The first kappa shape index (κ1) is 21.1. The molecule has 4 aromatic carbocycles. The highest BCUT2D eigenvalue weighted by atomic mass is 16.3. The molecular formula is C28H24N2O2. The second-order valence-electron chi connectivity index (χ2n) is 7.50. The summed E-state index contributed by atoms with van der Waals surface area (Å²) in [7, 11) is 0. The Bertz CT molecular complexity index is 1170. The van der Waals surface area contributed by atoms with Crippen molar-refractivity contribution in [2.75, 3.05) is 5.43 Å². The number of para-hydroxylation sites is 1. The number of rotatable bonds is 8. The van der Waals surface area contributed by atoms with E-state index in [4.69, 9.17) is 5.10 Å². The van der Waals surface area contributed by atoms with E-state index in [1.807, 2.05) is 91.0 Å². The summed E-state index contributed by atoms with van der Waals surface area (Å²) in [6.45, 7) is 0. The molecule has 4 aromatic rings. The van der Waals surface area contributed by atoms with Crippen LogP contribution < -0.4 is 5.43 Å². The molecule has 0 radical (unpaired) electrons. The van der Waals surface area contributed by atoms with Crippen LogP contribution in [0.5, 0.6) is 5.75 Å². The zero-order valence-electron chi connectivity index (χ0n) is 17.6. The summed E-state index contributed by atoms with van der Waals surface area (Å²) < 4.78 is 0. The van der Waals surface area contributed by atoms with Crippen molar-refractivity contribution < 1.29 is 9.90 Å². The Morgan fingerprint density at radius 2 is 1.31 bits per heavy atom. The van der Waals surface area contributed by atoms with Crippen LogP contribution >= 0.6 is 0 Å². The monoisotopic (exact) mass is 420 g/mol. The number of nitrogens with one attached hydrogen (secondary N) is 1. The molecule has 2 N–H and O–H groups in total. The van der Waals surface area contributed by atoms with Crippen LogP contribution in [0.1, 0.15) is 27.4 Å². The van der Waals surface area contributed by atoms with Crippen LogP contribution in [-0.2, 0) is 6.42 Å². The summed E-state index contributed by atoms with van der Waals surface area (Å²) in [4.78, 5) is 13.7. The van der Waals surface area contributed by atoms with Gasteiger partial charge in [-0.2, -0.15) is 5.10 Å². The van der Waals surface area contributed by atoms with Crippen molar-refractivity contribution in [1.29, 1.82) is 0 Å². The van der Waals surface area contributed by atoms with Crippen LogP contribution in [0.4, 0.5) is 5.69 Å². The largest absolute Gasteiger partial charge is 0.508 e. The molecule has 0 saturated heterocycles. The highest BCUT2D eigenvalue weighted by Crippen LogP contribution is 2.26. The van der Waals surface area contributed by atoms with E-state index in [-0.39, 0.29) is 11.5 Å². The van der Waals surface area contributed by atoms with E-state index < -0.39 is 5.92 Å². The van der Waals surface area contributed by atoms with Crippen molar-refractivity contribution in [2.24, 2.45) is 5.10 Å². The van der Waals surface area contributed by atoms with Gasteiger partial charge in [0.05, 0.1) is 17.3 Å². The van der Waals surface area contributed by atoms with Crippen LogP contribution in [0.2, 0.25) is 0 Å². The highest BCUT2D eigenvalue weighted by Gasteiger charge is 2.28. The number of hydrogen-bond donors (Lipinski definition) is 2. The number of hydrogen-bond acceptors (Lipinski definition) is 4. The van der Waals surface area contributed by atoms with Crippen LogP contribution in [0, 0.1) is 0 Å². The summed E-state index contributed by atoms with van der Waals surface area (Å²) in [5, 5.41) is 14.4. The van der Waals surface area contributed by atoms with Crippen molar-refractivity contribution in [3.8, 4) is 5.75 Å². The van der Waals surface area contributed by atoms with Crippen molar-refractivity contribution in [2.45, 2.75) is 12.3 Å². The first-order valence-electron chi connectivity index (χ1n) is 10.5. The number of carbonyl (C=O) groups is 1. The molecule has 32 heavy (non-hydrogen) atoms. The maximum Gasteiger partial charge on any atom is 0.176 e. The molecule has 0 aliphatic heterocycles. The van der Waals surface area contributed by atoms with Crippen molar-refractivity contribution >= 4 is 17.2 Å². The summed E-state index contributed by atoms with van der Waals surface area (Å²) in [6.07, 6.45) is 0.518. The van der Waals surface area contributed by atoms with E-state index in [9.17, 15) is 9.90 Å². The van der Waals surface area contributed by atoms with Gasteiger partial charge in [-0.1, -0.05) is 78.9 Å². The molecule has 158 valence electrons. The van der Waals surface area contributed by atoms with E-state index in [0.29, 0.717) is 17.7 Å². The minimum atomic E-state index is -0.572. The number of aromatic hydroxyl groups is 1. The first-order valence-corrected chi connectivity index (χ1v) is 10.5. The maximum absolute atomic E-state index is 13.7. The zero-order valence-corrected chi connectivity index (χ0v) is 17.6. The van der Waals surface area contributed by atoms with Gasteiger partial charge in [0.25, 0.3) is 0 Å². The molecule has 0 heterocycles. The average molecular weight is 421 g/mol. The predicted octanol–water partition coefficient (Wildman–Crippen LogP) is 6.07. The molecule has 0 aliphatic carbocycles. The second-order valence-corrected chi connectivity index (χ2v) is 7.50. The lowest BCUT2D eigenvalue weighted by Gasteiger charge is -2.20. The Morgan fingerprint density at radius 1 is 0.750 bits per heavy atom. The van der Waals surface area contributed by atoms with Crippen LogP contribution in [-0.4, -0.2) is 16.6 Å². The lowest BCUT2D eigenvalue weighted by molar-refractivity contribution is 0.0982. The number of ketones is 1. The average Bonchev–Trinajstić information content (AvgIpc) is 2.85. The topological polar surface area (TPSA) is 61.7 Å². The third kappa shape index (κ3) is 5.29. The van der Waals surface area contributed by atoms with Gasteiger partial charge in [0.2, 0.25) is 0 Å². The molecule has 0 fully saturated rings. The Hall–Kier alpha value is -4.18. The van der Waals surface area contributed by atoms with Crippen molar-refractivity contribution in [1.82, 2.24) is 0 Å². The van der Waals surface area contributed by atoms with Gasteiger partial charge in [0, 0.05) is 12.0 Å². The summed E-state index contributed by atoms with van der Waals surface area (Å²) in [5.74, 6) is -0.514. The van der Waals surface area contributed by atoms with Gasteiger partial charge in [-0.05, 0) is 47.5 Å². The molecule has 0 saturated carbocycles. The number of nitrogens with zero attached hydrogens (tertiary/aromatic N) is 1. The van der Waals surface area contributed by atoms with E-state index in [0.717, 1.165) is 16.8 Å². The Labute approximate surface area is 187 Å². The smallest absolute Gasteiger partial charge is 0.176 e. The predicted molar refractivity (Wildman–Crippen MR) is 129 cm³/mol. The van der Waals surface area contributed by atoms with E-state index in [1.54, 1.807) is 12.1 Å². The fourth-order valence-corrected chi connectivity index (χ4v) is 3.59. The molecule has 1 unspecified atom stereocenters. The van der Waals surface area contributed by atoms with E-state index in [1.165, 1.54) is 12.1 Å². The lowest BCUT2D eigenvalue weighted by Crippen LogP contribution is -2.25. The normalized spacial score (nSPS) is 12.2. The molecule has 0 amide bonds. The van der Waals surface area contributed by atoms with Gasteiger partial charge < -0.3 is 5.11 Å². The number of phenolic OH excluding ortho intramolecular Hbond substituents is 1. The minimum absolute atomic E-state index is 0.0688. The summed E-state index contributed by atoms with van der Waals surface area (Å²) in [6, 6.07) is 35.7. The molecule has 4 rings (SSSR count). The third-order valence-corrected chi connectivity index (χ3v) is 5.21. The van der Waals surface area contributed by atoms with Crippen molar-refractivity contribution in [3.05, 3.63) is 132 Å². The molecule has 0 bridgehead atoms.